The van der Waals surface area contributed by atoms with Gasteiger partial charge in [-0.25, -0.2) is 4.98 Å². The molecular formula is C35H27ClN2O7S. The van der Waals surface area contributed by atoms with Crippen LogP contribution in [0.1, 0.15) is 29.7 Å². The first-order chi connectivity index (χ1) is 22.4. The third-order valence-electron chi connectivity index (χ3n) is 7.63. The number of benzene rings is 4. The Morgan fingerprint density at radius 3 is 2.57 bits per heavy atom. The molecule has 4 aromatic carbocycles. The van der Waals surface area contributed by atoms with Crippen molar-refractivity contribution < 1.29 is 33.6 Å². The van der Waals surface area contributed by atoms with Crippen molar-refractivity contribution in [2.45, 2.75) is 19.6 Å². The van der Waals surface area contributed by atoms with E-state index in [1.165, 1.54) is 16.2 Å². The second-order valence-corrected chi connectivity index (χ2v) is 12.0. The molecule has 1 atom stereocenters. The standard InChI is InChI=1S/C35H27ClN2O7S/c1-2-42-27-16-21(8-12-26(27)45-19-20-6-4-3-5-7-20)31-30(32(39)22-9-13-25-28(17-22)44-15-14-43-25)33(40)34(41)38(31)35-37-24-11-10-23(36)18-29(24)46-35/h3-13,16-18,31,39H,2,14-15,19H2,1H3/t31-/m0/s1. The number of amides is 1. The third-order valence-corrected chi connectivity index (χ3v) is 8.88. The number of Topliss-reactive ketones (excluding diaryl/α,β-unsaturated/α-hetero) is 1. The molecule has 0 saturated carbocycles. The molecule has 1 fully saturated rings. The molecule has 0 radical (unpaired) electrons. The molecule has 7 rings (SSSR count). The van der Waals surface area contributed by atoms with Crippen molar-refractivity contribution >= 4 is 55.7 Å². The van der Waals surface area contributed by atoms with Gasteiger partial charge in [-0.15, -0.1) is 0 Å². The van der Waals surface area contributed by atoms with Gasteiger partial charge in [-0.1, -0.05) is 59.3 Å². The number of aliphatic hydroxyl groups excluding tert-OH is 1. The number of carbonyl (C=O) groups is 2. The van der Waals surface area contributed by atoms with Gasteiger partial charge in [0.1, 0.15) is 25.6 Å². The van der Waals surface area contributed by atoms with Crippen LogP contribution in [0.15, 0.2) is 90.5 Å². The van der Waals surface area contributed by atoms with Crippen molar-refractivity contribution in [3.8, 4) is 23.0 Å². The van der Waals surface area contributed by atoms with Crippen molar-refractivity contribution in [2.24, 2.45) is 0 Å². The van der Waals surface area contributed by atoms with Crippen molar-refractivity contribution in [3.63, 3.8) is 0 Å². The van der Waals surface area contributed by atoms with Crippen LogP contribution < -0.4 is 23.8 Å². The first-order valence-electron chi connectivity index (χ1n) is 14.6. The first-order valence-corrected chi connectivity index (χ1v) is 15.8. The number of thiazole rings is 1. The number of rotatable bonds is 8. The average Bonchev–Trinajstić information content (AvgIpc) is 3.61. The molecule has 1 saturated heterocycles. The fourth-order valence-corrected chi connectivity index (χ4v) is 6.77. The molecule has 2 aliphatic rings. The predicted molar refractivity (Wildman–Crippen MR) is 175 cm³/mol. The zero-order valence-electron chi connectivity index (χ0n) is 24.6. The van der Waals surface area contributed by atoms with Crippen LogP contribution in [-0.4, -0.2) is 41.6 Å². The Hall–Kier alpha value is -5.06. The summed E-state index contributed by atoms with van der Waals surface area (Å²) in [5.74, 6) is -0.143. The van der Waals surface area contributed by atoms with Crippen LogP contribution >= 0.6 is 22.9 Å². The van der Waals surface area contributed by atoms with E-state index in [0.717, 1.165) is 10.3 Å². The summed E-state index contributed by atoms with van der Waals surface area (Å²) in [5, 5.41) is 12.5. The molecule has 232 valence electrons. The molecule has 0 unspecified atom stereocenters. The summed E-state index contributed by atoms with van der Waals surface area (Å²) in [6, 6.07) is 24.0. The van der Waals surface area contributed by atoms with Crippen LogP contribution in [0.3, 0.4) is 0 Å². The summed E-state index contributed by atoms with van der Waals surface area (Å²) in [6.45, 7) is 3.28. The van der Waals surface area contributed by atoms with Gasteiger partial charge < -0.3 is 24.1 Å². The maximum Gasteiger partial charge on any atom is 0.301 e. The minimum Gasteiger partial charge on any atom is -0.507 e. The Morgan fingerprint density at radius 2 is 1.76 bits per heavy atom. The molecule has 0 bridgehead atoms. The Morgan fingerprint density at radius 1 is 0.957 bits per heavy atom. The molecule has 3 heterocycles. The number of halogens is 1. The highest BCUT2D eigenvalue weighted by Crippen LogP contribution is 2.46. The van der Waals surface area contributed by atoms with Crippen molar-refractivity contribution in [1.82, 2.24) is 4.98 Å². The highest BCUT2D eigenvalue weighted by atomic mass is 35.5. The fraction of sp³-hybridized carbons (Fsp3) is 0.171. The smallest absolute Gasteiger partial charge is 0.301 e. The number of aliphatic hydroxyl groups is 1. The van der Waals surface area contributed by atoms with Crippen LogP contribution in [0.5, 0.6) is 23.0 Å². The Kier molecular flexibility index (Phi) is 7.98. The quantitative estimate of drug-likeness (QED) is 0.105. The van der Waals surface area contributed by atoms with Gasteiger partial charge >= 0.3 is 5.91 Å². The van der Waals surface area contributed by atoms with Gasteiger partial charge in [0, 0.05) is 10.6 Å². The zero-order chi connectivity index (χ0) is 31.8. The summed E-state index contributed by atoms with van der Waals surface area (Å²) < 4.78 is 24.2. The van der Waals surface area contributed by atoms with Gasteiger partial charge in [0.05, 0.1) is 28.4 Å². The maximum atomic E-state index is 13.8. The molecular weight excluding hydrogens is 628 g/mol. The van der Waals surface area contributed by atoms with E-state index in [1.54, 1.807) is 54.6 Å². The van der Waals surface area contributed by atoms with E-state index in [1.807, 2.05) is 37.3 Å². The summed E-state index contributed by atoms with van der Waals surface area (Å²) >= 11 is 7.46. The molecule has 1 amide bonds. The highest BCUT2D eigenvalue weighted by Gasteiger charge is 2.48. The van der Waals surface area contributed by atoms with E-state index in [-0.39, 0.29) is 16.5 Å². The second kappa shape index (κ2) is 12.4. The lowest BCUT2D eigenvalue weighted by Gasteiger charge is -2.24. The van der Waals surface area contributed by atoms with Crippen molar-refractivity contribution in [3.05, 3.63) is 112 Å². The first kappa shape index (κ1) is 29.6. The molecule has 46 heavy (non-hydrogen) atoms. The van der Waals surface area contributed by atoms with E-state index in [2.05, 4.69) is 4.98 Å². The number of carbonyl (C=O) groups excluding carboxylic acids is 2. The molecule has 1 N–H and O–H groups in total. The van der Waals surface area contributed by atoms with E-state index >= 15 is 0 Å². The van der Waals surface area contributed by atoms with Gasteiger partial charge in [-0.2, -0.15) is 0 Å². The number of ketones is 1. The monoisotopic (exact) mass is 654 g/mol. The van der Waals surface area contributed by atoms with Crippen molar-refractivity contribution in [1.29, 1.82) is 0 Å². The fourth-order valence-electron chi connectivity index (χ4n) is 5.50. The van der Waals surface area contributed by atoms with Gasteiger partial charge in [-0.05, 0) is 66.6 Å². The number of hydrogen-bond acceptors (Lipinski definition) is 9. The molecule has 0 aliphatic carbocycles. The van der Waals surface area contributed by atoms with Gasteiger partial charge in [0.15, 0.2) is 28.1 Å². The van der Waals surface area contributed by atoms with Crippen LogP contribution in [0, 0.1) is 0 Å². The number of hydrogen-bond donors (Lipinski definition) is 1. The predicted octanol–water partition coefficient (Wildman–Crippen LogP) is 7.32. The second-order valence-electron chi connectivity index (χ2n) is 10.5. The number of ether oxygens (including phenoxy) is 4. The third kappa shape index (κ3) is 5.50. The number of fused-ring (bicyclic) bond motifs is 2. The molecule has 0 spiro atoms. The summed E-state index contributed by atoms with van der Waals surface area (Å²) in [7, 11) is 0. The molecule has 5 aromatic rings. The van der Waals surface area contributed by atoms with E-state index in [0.29, 0.717) is 71.1 Å². The maximum absolute atomic E-state index is 13.8. The van der Waals surface area contributed by atoms with Crippen LogP contribution in [-0.2, 0) is 16.2 Å². The Balaban J connectivity index is 1.36. The lowest BCUT2D eigenvalue weighted by molar-refractivity contribution is -0.132. The minimum atomic E-state index is -1.04. The minimum absolute atomic E-state index is 0.0978. The molecule has 1 aromatic heterocycles. The number of nitrogens with zero attached hydrogens (tertiary/aromatic N) is 2. The zero-order valence-corrected chi connectivity index (χ0v) is 26.1. The molecule has 11 heteroatoms. The molecule has 2 aliphatic heterocycles. The van der Waals surface area contributed by atoms with Crippen LogP contribution in [0.2, 0.25) is 5.02 Å². The lowest BCUT2D eigenvalue weighted by Crippen LogP contribution is -2.29. The Labute approximate surface area is 273 Å². The topological polar surface area (TPSA) is 107 Å². The lowest BCUT2D eigenvalue weighted by atomic mass is 9.95. The SMILES string of the molecule is CCOc1cc([C@H]2C(=C(O)c3ccc4c(c3)OCCO4)C(=O)C(=O)N2c2nc3ccc(Cl)cc3s2)ccc1OCc1ccccc1. The summed E-state index contributed by atoms with van der Waals surface area (Å²) in [4.78, 5) is 33.6. The largest absolute Gasteiger partial charge is 0.507 e. The van der Waals surface area contributed by atoms with Crippen LogP contribution in [0.25, 0.3) is 16.0 Å². The summed E-state index contributed by atoms with van der Waals surface area (Å²) in [6.07, 6.45) is 0. The average molecular weight is 655 g/mol. The highest BCUT2D eigenvalue weighted by molar-refractivity contribution is 7.22. The Bertz CT molecular complexity index is 2010. The summed E-state index contributed by atoms with van der Waals surface area (Å²) in [5.41, 5.74) is 2.33. The van der Waals surface area contributed by atoms with Gasteiger partial charge in [0.25, 0.3) is 5.78 Å². The van der Waals surface area contributed by atoms with E-state index < -0.39 is 17.7 Å². The van der Waals surface area contributed by atoms with Gasteiger partial charge in [0.2, 0.25) is 0 Å². The van der Waals surface area contributed by atoms with Gasteiger partial charge in [-0.3, -0.25) is 14.5 Å². The van der Waals surface area contributed by atoms with Crippen molar-refractivity contribution in [2.75, 3.05) is 24.7 Å². The number of aromatic nitrogens is 1. The normalized spacial score (nSPS) is 17.0. The van der Waals surface area contributed by atoms with Crippen LogP contribution in [0.4, 0.5) is 5.13 Å². The molecule has 9 nitrogen and oxygen atoms in total. The number of anilines is 1. The van der Waals surface area contributed by atoms with E-state index in [9.17, 15) is 14.7 Å². The van der Waals surface area contributed by atoms with E-state index in [4.69, 9.17) is 30.5 Å².